The summed E-state index contributed by atoms with van der Waals surface area (Å²) in [5, 5.41) is 3.06. The molecule has 0 saturated carbocycles. The summed E-state index contributed by atoms with van der Waals surface area (Å²) in [6.07, 6.45) is 0. The van der Waals surface area contributed by atoms with Gasteiger partial charge in [-0.05, 0) is 61.4 Å². The SMILES string of the molecule is COc1ccc(S(=O)(=O)N(CC(=O)NC(c2ccccc2)c2ccc(C)cc2)c2ccc(C)cc2)cc1. The van der Waals surface area contributed by atoms with Gasteiger partial charge >= 0.3 is 0 Å². The lowest BCUT2D eigenvalue weighted by molar-refractivity contribution is -0.120. The van der Waals surface area contributed by atoms with Crippen LogP contribution in [0.15, 0.2) is 108 Å². The zero-order valence-corrected chi connectivity index (χ0v) is 21.9. The normalized spacial score (nSPS) is 12.0. The summed E-state index contributed by atoms with van der Waals surface area (Å²) in [6.45, 7) is 3.54. The number of sulfonamides is 1. The first kappa shape index (κ1) is 26.0. The minimum atomic E-state index is -4.04. The summed E-state index contributed by atoms with van der Waals surface area (Å²) >= 11 is 0. The highest BCUT2D eigenvalue weighted by Gasteiger charge is 2.28. The van der Waals surface area contributed by atoms with Crippen LogP contribution in [0.3, 0.4) is 0 Å². The molecule has 0 saturated heterocycles. The summed E-state index contributed by atoms with van der Waals surface area (Å²) in [5.74, 6) is 0.120. The van der Waals surface area contributed by atoms with Crippen LogP contribution < -0.4 is 14.4 Å². The minimum absolute atomic E-state index is 0.0693. The van der Waals surface area contributed by atoms with Gasteiger partial charge in [0.25, 0.3) is 10.0 Å². The molecule has 0 radical (unpaired) electrons. The van der Waals surface area contributed by atoms with Crippen molar-refractivity contribution in [3.05, 3.63) is 125 Å². The molecular formula is C30H30N2O4S. The maximum Gasteiger partial charge on any atom is 0.264 e. The standard InChI is InChI=1S/C30H30N2O4S/c1-22-9-13-25(14-10-22)30(24-7-5-4-6-8-24)31-29(33)21-32(26-15-11-23(2)12-16-26)37(34,35)28-19-17-27(36-3)18-20-28/h4-20,30H,21H2,1-3H3,(H,31,33). The van der Waals surface area contributed by atoms with E-state index in [0.717, 1.165) is 26.6 Å². The van der Waals surface area contributed by atoms with Crippen molar-refractivity contribution in [1.82, 2.24) is 5.32 Å². The number of amides is 1. The van der Waals surface area contributed by atoms with Crippen molar-refractivity contribution < 1.29 is 17.9 Å². The molecule has 1 unspecified atom stereocenters. The fourth-order valence-corrected chi connectivity index (χ4v) is 5.42. The largest absolute Gasteiger partial charge is 0.497 e. The van der Waals surface area contributed by atoms with Crippen LogP contribution >= 0.6 is 0 Å². The summed E-state index contributed by atoms with van der Waals surface area (Å²) < 4.78 is 33.7. The van der Waals surface area contributed by atoms with Crippen molar-refractivity contribution in [3.63, 3.8) is 0 Å². The van der Waals surface area contributed by atoms with E-state index < -0.39 is 22.0 Å². The number of carbonyl (C=O) groups excluding carboxylic acids is 1. The molecule has 6 nitrogen and oxygen atoms in total. The average Bonchev–Trinajstić information content (AvgIpc) is 2.92. The van der Waals surface area contributed by atoms with Gasteiger partial charge in [0, 0.05) is 0 Å². The van der Waals surface area contributed by atoms with E-state index in [-0.39, 0.29) is 11.4 Å². The zero-order chi connectivity index (χ0) is 26.4. The lowest BCUT2D eigenvalue weighted by Crippen LogP contribution is -2.42. The van der Waals surface area contributed by atoms with Gasteiger partial charge < -0.3 is 10.1 Å². The number of carbonyl (C=O) groups is 1. The second-order valence-corrected chi connectivity index (χ2v) is 10.7. The van der Waals surface area contributed by atoms with Crippen LogP contribution in [0.25, 0.3) is 0 Å². The first-order valence-electron chi connectivity index (χ1n) is 11.9. The lowest BCUT2D eigenvalue weighted by Gasteiger charge is -2.26. The summed E-state index contributed by atoms with van der Waals surface area (Å²) in [6, 6.07) is 30.3. The number of nitrogens with zero attached hydrogens (tertiary/aromatic N) is 1. The average molecular weight is 515 g/mol. The highest BCUT2D eigenvalue weighted by atomic mass is 32.2. The molecule has 0 aliphatic rings. The Balaban J connectivity index is 1.67. The Hall–Kier alpha value is -4.10. The van der Waals surface area contributed by atoms with Gasteiger partial charge in [0.2, 0.25) is 5.91 Å². The van der Waals surface area contributed by atoms with Crippen LogP contribution in [-0.4, -0.2) is 28.0 Å². The number of benzene rings is 4. The summed E-state index contributed by atoms with van der Waals surface area (Å²) in [5.41, 5.74) is 4.31. The molecular weight excluding hydrogens is 484 g/mol. The van der Waals surface area contributed by atoms with Crippen LogP contribution in [0.5, 0.6) is 5.75 Å². The quantitative estimate of drug-likeness (QED) is 0.324. The molecule has 0 spiro atoms. The predicted octanol–water partition coefficient (Wildman–Crippen LogP) is 5.41. The Bertz CT molecular complexity index is 1430. The second kappa shape index (κ2) is 11.3. The van der Waals surface area contributed by atoms with E-state index >= 15 is 0 Å². The fraction of sp³-hybridized carbons (Fsp3) is 0.167. The molecule has 0 fully saturated rings. The maximum absolute atomic E-state index is 13.7. The maximum atomic E-state index is 13.7. The number of nitrogens with one attached hydrogen (secondary N) is 1. The van der Waals surface area contributed by atoms with Gasteiger partial charge in [-0.15, -0.1) is 0 Å². The van der Waals surface area contributed by atoms with Crippen molar-refractivity contribution in [2.45, 2.75) is 24.8 Å². The van der Waals surface area contributed by atoms with Crippen LogP contribution in [0.2, 0.25) is 0 Å². The van der Waals surface area contributed by atoms with Crippen molar-refractivity contribution >= 4 is 21.6 Å². The number of methoxy groups -OCH3 is 1. The van der Waals surface area contributed by atoms with E-state index in [0.29, 0.717) is 11.4 Å². The Kier molecular flexibility index (Phi) is 7.94. The van der Waals surface area contributed by atoms with Crippen molar-refractivity contribution in [3.8, 4) is 5.75 Å². The van der Waals surface area contributed by atoms with E-state index in [1.54, 1.807) is 24.3 Å². The minimum Gasteiger partial charge on any atom is -0.497 e. The van der Waals surface area contributed by atoms with Gasteiger partial charge in [-0.25, -0.2) is 8.42 Å². The van der Waals surface area contributed by atoms with Gasteiger partial charge in [0.15, 0.2) is 0 Å². The molecule has 0 aliphatic carbocycles. The van der Waals surface area contributed by atoms with Crippen LogP contribution in [0.1, 0.15) is 28.3 Å². The molecule has 0 aromatic heterocycles. The van der Waals surface area contributed by atoms with Crippen LogP contribution in [-0.2, 0) is 14.8 Å². The van der Waals surface area contributed by atoms with Crippen molar-refractivity contribution in [2.24, 2.45) is 0 Å². The molecule has 4 rings (SSSR count). The third-order valence-corrected chi connectivity index (χ3v) is 7.89. The number of hydrogen-bond acceptors (Lipinski definition) is 4. The van der Waals surface area contributed by atoms with Gasteiger partial charge in [0.05, 0.1) is 23.7 Å². The molecule has 37 heavy (non-hydrogen) atoms. The van der Waals surface area contributed by atoms with E-state index in [2.05, 4.69) is 5.32 Å². The monoisotopic (exact) mass is 514 g/mol. The summed E-state index contributed by atoms with van der Waals surface area (Å²) in [4.78, 5) is 13.5. The highest BCUT2D eigenvalue weighted by molar-refractivity contribution is 7.92. The van der Waals surface area contributed by atoms with Crippen LogP contribution in [0, 0.1) is 13.8 Å². The smallest absolute Gasteiger partial charge is 0.264 e. The Labute approximate surface area is 218 Å². The number of anilines is 1. The third kappa shape index (κ3) is 6.19. The second-order valence-electron chi connectivity index (χ2n) is 8.84. The third-order valence-electron chi connectivity index (χ3n) is 6.11. The molecule has 1 amide bonds. The Morgan fingerprint density at radius 2 is 1.32 bits per heavy atom. The Morgan fingerprint density at radius 1 is 0.784 bits per heavy atom. The van der Waals surface area contributed by atoms with Gasteiger partial charge in [0.1, 0.15) is 12.3 Å². The molecule has 1 N–H and O–H groups in total. The topological polar surface area (TPSA) is 75.7 Å². The molecule has 7 heteroatoms. The molecule has 1 atom stereocenters. The van der Waals surface area contributed by atoms with Crippen LogP contribution in [0.4, 0.5) is 5.69 Å². The van der Waals surface area contributed by atoms with Crippen molar-refractivity contribution in [1.29, 1.82) is 0 Å². The van der Waals surface area contributed by atoms with Gasteiger partial charge in [-0.2, -0.15) is 0 Å². The predicted molar refractivity (Wildman–Crippen MR) is 146 cm³/mol. The van der Waals surface area contributed by atoms with Crippen molar-refractivity contribution in [2.75, 3.05) is 18.0 Å². The molecule has 0 bridgehead atoms. The van der Waals surface area contributed by atoms with Gasteiger partial charge in [-0.3, -0.25) is 9.10 Å². The van der Waals surface area contributed by atoms with E-state index in [1.165, 1.54) is 19.2 Å². The zero-order valence-electron chi connectivity index (χ0n) is 21.1. The molecule has 190 valence electrons. The number of rotatable bonds is 9. The number of aryl methyl sites for hydroxylation is 2. The van der Waals surface area contributed by atoms with E-state index in [9.17, 15) is 13.2 Å². The highest BCUT2D eigenvalue weighted by Crippen LogP contribution is 2.27. The molecule has 0 heterocycles. The lowest BCUT2D eigenvalue weighted by atomic mass is 9.98. The first-order chi connectivity index (χ1) is 17.8. The fourth-order valence-electron chi connectivity index (χ4n) is 4.00. The molecule has 4 aromatic rings. The Morgan fingerprint density at radius 3 is 1.89 bits per heavy atom. The van der Waals surface area contributed by atoms with Gasteiger partial charge in [-0.1, -0.05) is 77.9 Å². The number of ether oxygens (including phenoxy) is 1. The first-order valence-corrected chi connectivity index (χ1v) is 13.4. The van der Waals surface area contributed by atoms with E-state index in [1.807, 2.05) is 80.6 Å². The molecule has 4 aromatic carbocycles. The molecule has 0 aliphatic heterocycles. The van der Waals surface area contributed by atoms with E-state index in [4.69, 9.17) is 4.74 Å². The summed E-state index contributed by atoms with van der Waals surface area (Å²) in [7, 11) is -2.52. The number of hydrogen-bond donors (Lipinski definition) is 1.